The van der Waals surface area contributed by atoms with Gasteiger partial charge in [0, 0.05) is 0 Å². The first-order valence-corrected chi connectivity index (χ1v) is 6.56. The molecule has 100 valence electrons. The maximum Gasteiger partial charge on any atom is 0.308 e. The number of allylic oxidation sites excluding steroid dienone is 1. The normalized spacial score (nSPS) is 12.1. The number of unbranched alkanes of at least 4 members (excludes halogenated alkanes) is 6. The van der Waals surface area contributed by atoms with E-state index in [-0.39, 0.29) is 12.4 Å². The molecule has 0 saturated heterocycles. The fraction of sp³-hybridized carbons (Fsp3) is 0.786. The number of carbonyl (C=O) groups excluding carboxylic acids is 1. The van der Waals surface area contributed by atoms with E-state index in [1.54, 1.807) is 0 Å². The minimum atomic E-state index is -0.539. The van der Waals surface area contributed by atoms with Crippen molar-refractivity contribution in [3.05, 3.63) is 12.7 Å². The highest BCUT2D eigenvalue weighted by Crippen LogP contribution is 2.11. The number of carbonyl (C=O) groups is 1. The highest BCUT2D eigenvalue weighted by Gasteiger charge is 2.09. The third-order valence-electron chi connectivity index (χ3n) is 2.83. The zero-order valence-corrected chi connectivity index (χ0v) is 11.0. The smallest absolute Gasteiger partial charge is 0.308 e. The van der Waals surface area contributed by atoms with Crippen molar-refractivity contribution in [3.8, 4) is 0 Å². The lowest BCUT2D eigenvalue weighted by atomic mass is 10.0. The first-order valence-electron chi connectivity index (χ1n) is 6.56. The molecule has 0 aromatic heterocycles. The predicted octanol–water partition coefficient (Wildman–Crippen LogP) is 3.22. The van der Waals surface area contributed by atoms with Gasteiger partial charge in [-0.25, -0.2) is 0 Å². The summed E-state index contributed by atoms with van der Waals surface area (Å²) in [5.41, 5.74) is 0. The number of aliphatic hydroxyl groups excluding tert-OH is 1. The van der Waals surface area contributed by atoms with E-state index in [2.05, 4.69) is 11.3 Å². The molecular weight excluding hydrogens is 216 g/mol. The molecule has 0 saturated carbocycles. The summed E-state index contributed by atoms with van der Waals surface area (Å²) in [6.07, 6.45) is 10.4. The van der Waals surface area contributed by atoms with Crippen LogP contribution in [0.25, 0.3) is 0 Å². The summed E-state index contributed by atoms with van der Waals surface area (Å²) in [6, 6.07) is 0. The Morgan fingerprint density at radius 1 is 1.24 bits per heavy atom. The molecule has 3 nitrogen and oxygen atoms in total. The van der Waals surface area contributed by atoms with Crippen molar-refractivity contribution < 1.29 is 14.6 Å². The van der Waals surface area contributed by atoms with Crippen molar-refractivity contribution in [1.29, 1.82) is 0 Å². The van der Waals surface area contributed by atoms with Crippen LogP contribution >= 0.6 is 0 Å². The molecule has 0 rings (SSSR count). The van der Waals surface area contributed by atoms with Gasteiger partial charge in [-0.2, -0.15) is 0 Å². The van der Waals surface area contributed by atoms with Crippen LogP contribution in [0.15, 0.2) is 12.7 Å². The Bertz CT molecular complexity index is 202. The number of hydrogen-bond acceptors (Lipinski definition) is 3. The van der Waals surface area contributed by atoms with Crippen LogP contribution in [-0.2, 0) is 9.53 Å². The molecule has 0 fully saturated rings. The lowest BCUT2D eigenvalue weighted by Gasteiger charge is -2.08. The van der Waals surface area contributed by atoms with Gasteiger partial charge in [0.25, 0.3) is 0 Å². The van der Waals surface area contributed by atoms with Crippen molar-refractivity contribution in [2.24, 2.45) is 0 Å². The molecule has 17 heavy (non-hydrogen) atoms. The Morgan fingerprint density at radius 3 is 2.41 bits per heavy atom. The van der Waals surface area contributed by atoms with Gasteiger partial charge >= 0.3 is 5.97 Å². The number of ether oxygens (including phenoxy) is 1. The second kappa shape index (κ2) is 11.6. The first-order chi connectivity index (χ1) is 8.20. The fourth-order valence-electron chi connectivity index (χ4n) is 1.75. The molecule has 3 heteroatoms. The summed E-state index contributed by atoms with van der Waals surface area (Å²) in [5, 5.41) is 9.51. The van der Waals surface area contributed by atoms with Crippen LogP contribution in [0.4, 0.5) is 0 Å². The average Bonchev–Trinajstić information content (AvgIpc) is 2.32. The Labute approximate surface area is 105 Å². The minimum Gasteiger partial charge on any atom is -0.469 e. The van der Waals surface area contributed by atoms with E-state index in [0.717, 1.165) is 19.3 Å². The van der Waals surface area contributed by atoms with Crippen molar-refractivity contribution >= 4 is 5.97 Å². The van der Waals surface area contributed by atoms with Gasteiger partial charge < -0.3 is 9.84 Å². The molecular formula is C14H26O3. The van der Waals surface area contributed by atoms with Crippen molar-refractivity contribution in [2.45, 2.75) is 63.9 Å². The molecule has 0 aliphatic heterocycles. The summed E-state index contributed by atoms with van der Waals surface area (Å²) >= 11 is 0. The van der Waals surface area contributed by atoms with Gasteiger partial charge in [0.05, 0.1) is 19.6 Å². The lowest BCUT2D eigenvalue weighted by Crippen LogP contribution is -2.14. The molecule has 0 amide bonds. The van der Waals surface area contributed by atoms with Gasteiger partial charge in [-0.15, -0.1) is 6.58 Å². The van der Waals surface area contributed by atoms with E-state index in [4.69, 9.17) is 0 Å². The van der Waals surface area contributed by atoms with Crippen LogP contribution in [-0.4, -0.2) is 24.3 Å². The van der Waals surface area contributed by atoms with Gasteiger partial charge in [-0.3, -0.25) is 4.79 Å². The van der Waals surface area contributed by atoms with Gasteiger partial charge in [0.1, 0.15) is 0 Å². The largest absolute Gasteiger partial charge is 0.469 e. The summed E-state index contributed by atoms with van der Waals surface area (Å²) < 4.78 is 4.50. The average molecular weight is 242 g/mol. The molecule has 0 aromatic rings. The van der Waals surface area contributed by atoms with Gasteiger partial charge in [0.15, 0.2) is 0 Å². The van der Waals surface area contributed by atoms with Crippen LogP contribution in [0.1, 0.15) is 57.8 Å². The number of esters is 1. The Kier molecular flexibility index (Phi) is 11.1. The van der Waals surface area contributed by atoms with Crippen LogP contribution < -0.4 is 0 Å². The molecule has 0 aliphatic carbocycles. The van der Waals surface area contributed by atoms with Gasteiger partial charge in [0.2, 0.25) is 0 Å². The first kappa shape index (κ1) is 16.2. The molecule has 0 spiro atoms. The van der Waals surface area contributed by atoms with E-state index in [1.165, 1.54) is 32.8 Å². The number of aliphatic hydroxyl groups is 1. The Hall–Kier alpha value is -0.830. The van der Waals surface area contributed by atoms with Crippen LogP contribution in [0, 0.1) is 0 Å². The number of hydrogen-bond donors (Lipinski definition) is 1. The molecule has 0 aliphatic rings. The topological polar surface area (TPSA) is 46.5 Å². The van der Waals surface area contributed by atoms with Crippen molar-refractivity contribution in [1.82, 2.24) is 0 Å². The maximum absolute atomic E-state index is 10.9. The molecule has 1 unspecified atom stereocenters. The molecule has 1 N–H and O–H groups in total. The van der Waals surface area contributed by atoms with E-state index in [1.807, 2.05) is 6.08 Å². The van der Waals surface area contributed by atoms with Gasteiger partial charge in [-0.05, 0) is 19.3 Å². The number of methoxy groups -OCH3 is 1. The van der Waals surface area contributed by atoms with E-state index in [0.29, 0.717) is 6.42 Å². The van der Waals surface area contributed by atoms with Crippen LogP contribution in [0.5, 0.6) is 0 Å². The number of rotatable bonds is 11. The fourth-order valence-corrected chi connectivity index (χ4v) is 1.75. The molecule has 0 aromatic carbocycles. The quantitative estimate of drug-likeness (QED) is 0.344. The van der Waals surface area contributed by atoms with Crippen LogP contribution in [0.2, 0.25) is 0 Å². The highest BCUT2D eigenvalue weighted by atomic mass is 16.5. The molecule has 0 radical (unpaired) electrons. The molecule has 0 heterocycles. The summed E-state index contributed by atoms with van der Waals surface area (Å²) in [4.78, 5) is 10.9. The molecule has 0 bridgehead atoms. The second-order valence-electron chi connectivity index (χ2n) is 4.42. The monoisotopic (exact) mass is 242 g/mol. The zero-order chi connectivity index (χ0) is 12.9. The van der Waals surface area contributed by atoms with E-state index >= 15 is 0 Å². The Morgan fingerprint density at radius 2 is 1.82 bits per heavy atom. The third-order valence-corrected chi connectivity index (χ3v) is 2.83. The SMILES string of the molecule is C=CCCCCCCCCC(O)CC(=O)OC. The maximum atomic E-state index is 10.9. The third kappa shape index (κ3) is 11.4. The second-order valence-corrected chi connectivity index (χ2v) is 4.42. The van der Waals surface area contributed by atoms with Crippen molar-refractivity contribution in [2.75, 3.05) is 7.11 Å². The summed E-state index contributed by atoms with van der Waals surface area (Å²) in [5.74, 6) is -0.332. The Balaban J connectivity index is 3.21. The van der Waals surface area contributed by atoms with E-state index < -0.39 is 6.10 Å². The van der Waals surface area contributed by atoms with Crippen molar-refractivity contribution in [3.63, 3.8) is 0 Å². The standard InChI is InChI=1S/C14H26O3/c1-3-4-5-6-7-8-9-10-11-13(15)12-14(16)17-2/h3,13,15H,1,4-12H2,2H3. The lowest BCUT2D eigenvalue weighted by molar-refractivity contribution is -0.142. The van der Waals surface area contributed by atoms with Gasteiger partial charge in [-0.1, -0.05) is 38.2 Å². The zero-order valence-electron chi connectivity index (χ0n) is 11.0. The highest BCUT2D eigenvalue weighted by molar-refractivity contribution is 5.69. The molecule has 1 atom stereocenters. The van der Waals surface area contributed by atoms with Crippen LogP contribution in [0.3, 0.4) is 0 Å². The minimum absolute atomic E-state index is 0.121. The summed E-state index contributed by atoms with van der Waals surface area (Å²) in [6.45, 7) is 3.69. The summed E-state index contributed by atoms with van der Waals surface area (Å²) in [7, 11) is 1.35. The predicted molar refractivity (Wildman–Crippen MR) is 69.8 cm³/mol. The van der Waals surface area contributed by atoms with E-state index in [9.17, 15) is 9.90 Å².